The molecule has 1 aromatic carbocycles. The van der Waals surface area contributed by atoms with Crippen LogP contribution in [0.2, 0.25) is 0 Å². The minimum atomic E-state index is -0.0803. The van der Waals surface area contributed by atoms with E-state index in [2.05, 4.69) is 74.0 Å². The van der Waals surface area contributed by atoms with E-state index in [1.165, 1.54) is 5.56 Å². The summed E-state index contributed by atoms with van der Waals surface area (Å²) in [7, 11) is 0. The van der Waals surface area contributed by atoms with Gasteiger partial charge in [0.15, 0.2) is 0 Å². The number of allylic oxidation sites excluding steroid dienone is 1. The summed E-state index contributed by atoms with van der Waals surface area (Å²) >= 11 is 1.62. The van der Waals surface area contributed by atoms with E-state index in [9.17, 15) is 4.79 Å². The first-order valence-corrected chi connectivity index (χ1v) is 11.3. The topological polar surface area (TPSA) is 32.3 Å². The van der Waals surface area contributed by atoms with Crippen molar-refractivity contribution in [1.29, 1.82) is 0 Å². The van der Waals surface area contributed by atoms with Crippen LogP contribution in [0.5, 0.6) is 0 Å². The minimum Gasteiger partial charge on any atom is -0.348 e. The average Bonchev–Trinajstić information content (AvgIpc) is 3.22. The molecule has 0 aliphatic carbocycles. The molecular formula is C26H32N2OS. The molecule has 0 unspecified atom stereocenters. The number of nitrogens with zero attached hydrogens (tertiary/aromatic N) is 1. The van der Waals surface area contributed by atoms with Gasteiger partial charge < -0.3 is 5.32 Å². The predicted molar refractivity (Wildman–Crippen MR) is 129 cm³/mol. The van der Waals surface area contributed by atoms with Crippen LogP contribution in [0.3, 0.4) is 0 Å². The van der Waals surface area contributed by atoms with Crippen LogP contribution in [-0.4, -0.2) is 23.9 Å². The molecule has 1 aromatic heterocycles. The van der Waals surface area contributed by atoms with Gasteiger partial charge in [-0.2, -0.15) is 11.3 Å². The fraction of sp³-hybridized carbons (Fsp3) is 0.346. The molecule has 0 saturated carbocycles. The van der Waals surface area contributed by atoms with Crippen molar-refractivity contribution in [2.24, 2.45) is 5.41 Å². The fourth-order valence-electron chi connectivity index (χ4n) is 2.71. The number of hydrogen-bond acceptors (Lipinski definition) is 3. The van der Waals surface area contributed by atoms with Crippen LogP contribution >= 0.6 is 11.3 Å². The van der Waals surface area contributed by atoms with Crippen LogP contribution in [-0.2, 0) is 17.9 Å². The van der Waals surface area contributed by atoms with Crippen molar-refractivity contribution in [2.45, 2.75) is 40.8 Å². The lowest BCUT2D eigenvalue weighted by Crippen LogP contribution is -2.23. The second kappa shape index (κ2) is 12.2. The Morgan fingerprint density at radius 3 is 2.73 bits per heavy atom. The van der Waals surface area contributed by atoms with Gasteiger partial charge in [-0.15, -0.1) is 0 Å². The number of hydrogen-bond donors (Lipinski definition) is 1. The van der Waals surface area contributed by atoms with Crippen LogP contribution in [0, 0.1) is 17.3 Å². The Hall–Kier alpha value is -2.61. The number of nitrogens with one attached hydrogen (secondary N) is 1. The minimum absolute atomic E-state index is 0.0321. The molecular weight excluding hydrogens is 388 g/mol. The number of rotatable bonds is 9. The molecule has 0 spiro atoms. The summed E-state index contributed by atoms with van der Waals surface area (Å²) in [6, 6.07) is 10.4. The second-order valence-corrected chi connectivity index (χ2v) is 8.96. The molecule has 1 N–H and O–H groups in total. The molecule has 2 rings (SSSR count). The maximum Gasteiger partial charge on any atom is 0.244 e. The lowest BCUT2D eigenvalue weighted by atomic mass is 9.98. The first kappa shape index (κ1) is 23.7. The molecule has 1 heterocycles. The normalized spacial score (nSPS) is 11.8. The number of amides is 1. The number of carbonyl (C=O) groups excluding carboxylic acids is 1. The molecule has 158 valence electrons. The second-order valence-electron chi connectivity index (χ2n) is 8.18. The highest BCUT2D eigenvalue weighted by molar-refractivity contribution is 7.08. The van der Waals surface area contributed by atoms with Gasteiger partial charge in [-0.1, -0.05) is 49.1 Å². The van der Waals surface area contributed by atoms with Gasteiger partial charge in [0.2, 0.25) is 5.91 Å². The van der Waals surface area contributed by atoms with E-state index >= 15 is 0 Å². The number of carbonyl (C=O) groups is 1. The molecule has 3 nitrogen and oxygen atoms in total. The van der Waals surface area contributed by atoms with E-state index in [0.29, 0.717) is 6.54 Å². The van der Waals surface area contributed by atoms with E-state index in [-0.39, 0.29) is 11.3 Å². The van der Waals surface area contributed by atoms with Gasteiger partial charge in [0.05, 0.1) is 0 Å². The molecule has 2 aromatic rings. The molecule has 4 heteroatoms. The Labute approximate surface area is 185 Å². The zero-order valence-electron chi connectivity index (χ0n) is 18.4. The van der Waals surface area contributed by atoms with Crippen LogP contribution < -0.4 is 5.32 Å². The van der Waals surface area contributed by atoms with Crippen molar-refractivity contribution in [1.82, 2.24) is 10.2 Å². The van der Waals surface area contributed by atoms with Crippen molar-refractivity contribution in [3.05, 3.63) is 76.0 Å². The summed E-state index contributed by atoms with van der Waals surface area (Å²) in [5, 5.41) is 6.96. The van der Waals surface area contributed by atoms with Crippen molar-refractivity contribution in [3.8, 4) is 11.8 Å². The monoisotopic (exact) mass is 420 g/mol. The molecule has 0 radical (unpaired) electrons. The number of benzene rings is 1. The lowest BCUT2D eigenvalue weighted by Gasteiger charge is -2.19. The van der Waals surface area contributed by atoms with Gasteiger partial charge in [-0.05, 0) is 73.0 Å². The third-order valence-corrected chi connectivity index (χ3v) is 5.00. The average molecular weight is 421 g/mol. The quantitative estimate of drug-likeness (QED) is 0.429. The summed E-state index contributed by atoms with van der Waals surface area (Å²) in [5.74, 6) is 6.26. The molecule has 0 aliphatic rings. The van der Waals surface area contributed by atoms with Crippen molar-refractivity contribution >= 4 is 23.3 Å². The zero-order chi connectivity index (χ0) is 21.8. The number of likely N-dealkylation sites (N-methyl/N-ethyl adjacent to an activating group) is 1. The smallest absolute Gasteiger partial charge is 0.244 e. The molecule has 0 aliphatic heterocycles. The van der Waals surface area contributed by atoms with Crippen LogP contribution in [0.15, 0.2) is 59.3 Å². The zero-order valence-corrected chi connectivity index (χ0v) is 19.3. The Balaban J connectivity index is 1.85. The van der Waals surface area contributed by atoms with Crippen molar-refractivity contribution in [3.63, 3.8) is 0 Å². The molecule has 0 saturated heterocycles. The molecule has 1 amide bonds. The van der Waals surface area contributed by atoms with Gasteiger partial charge in [-0.25, -0.2) is 0 Å². The third kappa shape index (κ3) is 9.73. The molecule has 30 heavy (non-hydrogen) atoms. The van der Waals surface area contributed by atoms with E-state index in [1.807, 2.05) is 35.0 Å². The van der Waals surface area contributed by atoms with Gasteiger partial charge in [0.1, 0.15) is 0 Å². The SMILES string of the molecule is CCN(C/C=C/C#CC(C)(C)C)Cc1cccc(CNC(=O)/C=C/c2ccsc2)c1. The molecule has 0 fully saturated rings. The third-order valence-electron chi connectivity index (χ3n) is 4.29. The van der Waals surface area contributed by atoms with E-state index in [0.717, 1.165) is 30.8 Å². The summed E-state index contributed by atoms with van der Waals surface area (Å²) < 4.78 is 0. The van der Waals surface area contributed by atoms with Gasteiger partial charge >= 0.3 is 0 Å². The Morgan fingerprint density at radius 1 is 1.23 bits per heavy atom. The van der Waals surface area contributed by atoms with Crippen molar-refractivity contribution in [2.75, 3.05) is 13.1 Å². The standard InChI is InChI=1S/C26H32N2OS/c1-5-28(16-8-6-7-15-26(2,3)4)20-24-11-9-10-23(18-24)19-27-25(29)13-12-22-14-17-30-21-22/h6,8-14,17-18,21H,5,16,19-20H2,1-4H3,(H,27,29)/b8-6+,13-12+. The van der Waals surface area contributed by atoms with Gasteiger partial charge in [0, 0.05) is 31.1 Å². The first-order valence-electron chi connectivity index (χ1n) is 10.3. The Bertz CT molecular complexity index is 908. The number of thiophene rings is 1. The first-order chi connectivity index (χ1) is 14.4. The molecule has 0 atom stereocenters. The van der Waals surface area contributed by atoms with E-state index in [1.54, 1.807) is 17.4 Å². The maximum atomic E-state index is 12.0. The van der Waals surface area contributed by atoms with Crippen LogP contribution in [0.1, 0.15) is 44.4 Å². The largest absolute Gasteiger partial charge is 0.348 e. The highest BCUT2D eigenvalue weighted by atomic mass is 32.1. The summed E-state index contributed by atoms with van der Waals surface area (Å²) in [5.41, 5.74) is 3.43. The summed E-state index contributed by atoms with van der Waals surface area (Å²) in [6.07, 6.45) is 7.48. The van der Waals surface area contributed by atoms with E-state index in [4.69, 9.17) is 0 Å². The summed E-state index contributed by atoms with van der Waals surface area (Å²) in [6.45, 7) is 11.7. The van der Waals surface area contributed by atoms with Gasteiger partial charge in [-0.3, -0.25) is 9.69 Å². The predicted octanol–water partition coefficient (Wildman–Crippen LogP) is 5.51. The fourth-order valence-corrected chi connectivity index (χ4v) is 3.34. The highest BCUT2D eigenvalue weighted by Gasteiger charge is 2.04. The van der Waals surface area contributed by atoms with Crippen LogP contribution in [0.4, 0.5) is 0 Å². The highest BCUT2D eigenvalue weighted by Crippen LogP contribution is 2.11. The maximum absolute atomic E-state index is 12.0. The van der Waals surface area contributed by atoms with Gasteiger partial charge in [0.25, 0.3) is 0 Å². The Morgan fingerprint density at radius 2 is 2.03 bits per heavy atom. The van der Waals surface area contributed by atoms with Crippen molar-refractivity contribution < 1.29 is 4.79 Å². The van der Waals surface area contributed by atoms with Crippen LogP contribution in [0.25, 0.3) is 6.08 Å². The lowest BCUT2D eigenvalue weighted by molar-refractivity contribution is -0.116. The van der Waals surface area contributed by atoms with E-state index < -0.39 is 0 Å². The summed E-state index contributed by atoms with van der Waals surface area (Å²) in [4.78, 5) is 14.4. The molecule has 0 bridgehead atoms. The Kier molecular flexibility index (Phi) is 9.60.